The van der Waals surface area contributed by atoms with Crippen LogP contribution in [0.15, 0.2) is 0 Å². The van der Waals surface area contributed by atoms with E-state index >= 15 is 0 Å². The molecule has 0 spiro atoms. The van der Waals surface area contributed by atoms with Gasteiger partial charge in [-0.2, -0.15) is 0 Å². The van der Waals surface area contributed by atoms with Gasteiger partial charge in [0, 0.05) is 12.5 Å². The lowest BCUT2D eigenvalue weighted by Gasteiger charge is -2.22. The Hall–Kier alpha value is -1.46. The first-order chi connectivity index (χ1) is 7.74. The molecular formula is C11H21NO5. The molecule has 0 aliphatic carbocycles. The zero-order valence-corrected chi connectivity index (χ0v) is 10.8. The first-order valence-corrected chi connectivity index (χ1v) is 5.60. The van der Waals surface area contributed by atoms with E-state index < -0.39 is 17.8 Å². The summed E-state index contributed by atoms with van der Waals surface area (Å²) < 4.78 is 9.47. The lowest BCUT2D eigenvalue weighted by atomic mass is 10.1. The fourth-order valence-corrected chi connectivity index (χ4v) is 1.14. The van der Waals surface area contributed by atoms with Crippen LogP contribution in [0.4, 0.5) is 9.59 Å². The van der Waals surface area contributed by atoms with Gasteiger partial charge in [-0.25, -0.2) is 9.59 Å². The Morgan fingerprint density at radius 3 is 2.35 bits per heavy atom. The number of ether oxygens (including phenoxy) is 2. The number of amides is 1. The van der Waals surface area contributed by atoms with Crippen LogP contribution in [0.25, 0.3) is 0 Å². The number of carbonyl (C=O) groups excluding carboxylic acids is 1. The van der Waals surface area contributed by atoms with E-state index in [1.165, 1.54) is 0 Å². The van der Waals surface area contributed by atoms with Crippen molar-refractivity contribution in [1.29, 1.82) is 0 Å². The fraction of sp³-hybridized carbons (Fsp3) is 0.818. The molecule has 0 rings (SSSR count). The minimum Gasteiger partial charge on any atom is -0.450 e. The van der Waals surface area contributed by atoms with Gasteiger partial charge >= 0.3 is 12.2 Å². The maximum Gasteiger partial charge on any atom is 0.505 e. The molecule has 0 saturated carbocycles. The largest absolute Gasteiger partial charge is 0.505 e. The summed E-state index contributed by atoms with van der Waals surface area (Å²) in [6, 6.07) is -0.149. The third-order valence-electron chi connectivity index (χ3n) is 1.91. The molecule has 6 nitrogen and oxygen atoms in total. The molecule has 0 aromatic heterocycles. The topological polar surface area (TPSA) is 84.9 Å². The molecule has 1 atom stereocenters. The number of rotatable bonds is 5. The lowest BCUT2D eigenvalue weighted by Crippen LogP contribution is -2.39. The molecule has 0 aliphatic rings. The standard InChI is InChI=1S/C11H21NO5/c1-5-8(6-7-16-10(14)15)12-9(13)17-11(2,3)4/h8H,5-7H2,1-4H3,(H,12,13)(H,14,15). The summed E-state index contributed by atoms with van der Waals surface area (Å²) in [6.07, 6.45) is -0.693. The van der Waals surface area contributed by atoms with Gasteiger partial charge in [0.2, 0.25) is 0 Å². The van der Waals surface area contributed by atoms with Crippen molar-refractivity contribution >= 4 is 12.2 Å². The molecular weight excluding hydrogens is 226 g/mol. The number of carboxylic acid groups (broad SMARTS) is 1. The second kappa shape index (κ2) is 6.98. The van der Waals surface area contributed by atoms with Gasteiger partial charge in [-0.05, 0) is 27.2 Å². The molecule has 100 valence electrons. The van der Waals surface area contributed by atoms with E-state index in [9.17, 15) is 9.59 Å². The van der Waals surface area contributed by atoms with Crippen molar-refractivity contribution in [1.82, 2.24) is 5.32 Å². The van der Waals surface area contributed by atoms with Crippen molar-refractivity contribution in [2.75, 3.05) is 6.61 Å². The second-order valence-electron chi connectivity index (χ2n) is 4.65. The predicted octanol–water partition coefficient (Wildman–Crippen LogP) is 2.37. The molecule has 1 amide bonds. The molecule has 2 N–H and O–H groups in total. The average Bonchev–Trinajstić information content (AvgIpc) is 2.12. The summed E-state index contributed by atoms with van der Waals surface area (Å²) in [6.45, 7) is 7.29. The van der Waals surface area contributed by atoms with Gasteiger partial charge in [0.05, 0.1) is 6.61 Å². The minimum absolute atomic E-state index is 0.0592. The Labute approximate surface area is 101 Å². The van der Waals surface area contributed by atoms with Crippen LogP contribution >= 0.6 is 0 Å². The van der Waals surface area contributed by atoms with Crippen LogP contribution in [0.5, 0.6) is 0 Å². The van der Waals surface area contributed by atoms with Crippen molar-refractivity contribution in [3.05, 3.63) is 0 Å². The van der Waals surface area contributed by atoms with E-state index in [1.54, 1.807) is 20.8 Å². The lowest BCUT2D eigenvalue weighted by molar-refractivity contribution is 0.0488. The Kier molecular flexibility index (Phi) is 6.38. The maximum atomic E-state index is 11.4. The minimum atomic E-state index is -1.31. The third kappa shape index (κ3) is 9.47. The Bertz CT molecular complexity index is 259. The molecule has 6 heteroatoms. The van der Waals surface area contributed by atoms with Crippen molar-refractivity contribution < 1.29 is 24.2 Å². The quantitative estimate of drug-likeness (QED) is 0.728. The van der Waals surface area contributed by atoms with Crippen LogP contribution in [0.1, 0.15) is 40.5 Å². The van der Waals surface area contributed by atoms with Crippen LogP contribution in [0, 0.1) is 0 Å². The Balaban J connectivity index is 3.95. The molecule has 0 aliphatic heterocycles. The molecule has 0 fully saturated rings. The van der Waals surface area contributed by atoms with E-state index in [1.807, 2.05) is 6.92 Å². The zero-order chi connectivity index (χ0) is 13.5. The highest BCUT2D eigenvalue weighted by Crippen LogP contribution is 2.08. The van der Waals surface area contributed by atoms with Crippen LogP contribution in [0.2, 0.25) is 0 Å². The monoisotopic (exact) mass is 247 g/mol. The highest BCUT2D eigenvalue weighted by atomic mass is 16.7. The number of hydrogen-bond acceptors (Lipinski definition) is 4. The van der Waals surface area contributed by atoms with Gasteiger partial charge in [-0.3, -0.25) is 0 Å². The fourth-order valence-electron chi connectivity index (χ4n) is 1.14. The summed E-state index contributed by atoms with van der Waals surface area (Å²) in [7, 11) is 0. The maximum absolute atomic E-state index is 11.4. The summed E-state index contributed by atoms with van der Waals surface area (Å²) in [5.41, 5.74) is -0.542. The molecule has 0 aromatic carbocycles. The molecule has 0 bridgehead atoms. The van der Waals surface area contributed by atoms with E-state index in [-0.39, 0.29) is 12.6 Å². The van der Waals surface area contributed by atoms with E-state index in [2.05, 4.69) is 10.1 Å². The first-order valence-electron chi connectivity index (χ1n) is 5.60. The zero-order valence-electron chi connectivity index (χ0n) is 10.8. The van der Waals surface area contributed by atoms with Crippen molar-refractivity contribution in [3.63, 3.8) is 0 Å². The van der Waals surface area contributed by atoms with Crippen molar-refractivity contribution in [2.45, 2.75) is 52.2 Å². The molecule has 1 unspecified atom stereocenters. The molecule has 17 heavy (non-hydrogen) atoms. The Morgan fingerprint density at radius 2 is 1.94 bits per heavy atom. The summed E-state index contributed by atoms with van der Waals surface area (Å²) in [5.74, 6) is 0. The molecule has 0 aromatic rings. The Morgan fingerprint density at radius 1 is 1.35 bits per heavy atom. The number of alkyl carbamates (subject to hydrolysis) is 1. The first kappa shape index (κ1) is 15.5. The molecule has 0 saturated heterocycles. The molecule has 0 heterocycles. The van der Waals surface area contributed by atoms with Crippen molar-refractivity contribution in [3.8, 4) is 0 Å². The van der Waals surface area contributed by atoms with E-state index in [4.69, 9.17) is 9.84 Å². The van der Waals surface area contributed by atoms with E-state index in [0.717, 1.165) is 0 Å². The normalized spacial score (nSPS) is 12.7. The highest BCUT2D eigenvalue weighted by molar-refractivity contribution is 5.68. The van der Waals surface area contributed by atoms with Gasteiger partial charge < -0.3 is 19.9 Å². The number of hydrogen-bond donors (Lipinski definition) is 2. The smallest absolute Gasteiger partial charge is 0.450 e. The predicted molar refractivity (Wildman–Crippen MR) is 62.0 cm³/mol. The SMILES string of the molecule is CCC(CCOC(=O)O)NC(=O)OC(C)(C)C. The molecule has 0 radical (unpaired) electrons. The van der Waals surface area contributed by atoms with Crippen LogP contribution in [-0.4, -0.2) is 35.6 Å². The van der Waals surface area contributed by atoms with Gasteiger partial charge in [-0.1, -0.05) is 6.92 Å². The third-order valence-corrected chi connectivity index (χ3v) is 1.91. The summed E-state index contributed by atoms with van der Waals surface area (Å²) in [4.78, 5) is 21.6. The number of carbonyl (C=O) groups is 2. The van der Waals surface area contributed by atoms with Crippen LogP contribution in [-0.2, 0) is 9.47 Å². The average molecular weight is 247 g/mol. The van der Waals surface area contributed by atoms with Crippen LogP contribution < -0.4 is 5.32 Å². The van der Waals surface area contributed by atoms with Gasteiger partial charge in [0.25, 0.3) is 0 Å². The summed E-state index contributed by atoms with van der Waals surface area (Å²) >= 11 is 0. The summed E-state index contributed by atoms with van der Waals surface area (Å²) in [5, 5.41) is 11.0. The highest BCUT2D eigenvalue weighted by Gasteiger charge is 2.18. The van der Waals surface area contributed by atoms with Gasteiger partial charge in [0.15, 0.2) is 0 Å². The van der Waals surface area contributed by atoms with Crippen molar-refractivity contribution in [2.24, 2.45) is 0 Å². The van der Waals surface area contributed by atoms with Crippen LogP contribution in [0.3, 0.4) is 0 Å². The van der Waals surface area contributed by atoms with E-state index in [0.29, 0.717) is 12.8 Å². The van der Waals surface area contributed by atoms with Gasteiger partial charge in [0.1, 0.15) is 5.60 Å². The second-order valence-corrected chi connectivity index (χ2v) is 4.65. The number of nitrogens with one attached hydrogen (secondary N) is 1. The van der Waals surface area contributed by atoms with Gasteiger partial charge in [-0.15, -0.1) is 0 Å².